The second-order valence-corrected chi connectivity index (χ2v) is 12.9. The van der Waals surface area contributed by atoms with E-state index in [0.717, 1.165) is 23.7 Å². The molecule has 2 aliphatic heterocycles. The fourth-order valence-corrected chi connectivity index (χ4v) is 5.90. The molecule has 1 unspecified atom stereocenters. The van der Waals surface area contributed by atoms with Crippen LogP contribution in [0.25, 0.3) is 11.3 Å². The third-order valence-electron chi connectivity index (χ3n) is 7.31. The summed E-state index contributed by atoms with van der Waals surface area (Å²) in [5, 5.41) is 3.08. The highest BCUT2D eigenvalue weighted by atomic mass is 32.2. The van der Waals surface area contributed by atoms with E-state index in [1.165, 1.54) is 16.6 Å². The SMILES string of the molecule is CCC(C)N1CC(C)(C)Oc2c(F)cc(-c3nc(Nc4ccc5c(c4)CN(S(C)(=O)=O)CC5)ncc3F)cc21. The number of ether oxygens (including phenoxy) is 1. The lowest BCUT2D eigenvalue weighted by Crippen LogP contribution is -2.50. The Hall–Kier alpha value is -3.31. The molecule has 11 heteroatoms. The van der Waals surface area contributed by atoms with Crippen LogP contribution in [0.3, 0.4) is 0 Å². The Kier molecular flexibility index (Phi) is 7.00. The predicted molar refractivity (Wildman–Crippen MR) is 148 cm³/mol. The van der Waals surface area contributed by atoms with Gasteiger partial charge in [-0.3, -0.25) is 0 Å². The van der Waals surface area contributed by atoms with Crippen molar-refractivity contribution < 1.29 is 21.9 Å². The lowest BCUT2D eigenvalue weighted by atomic mass is 10.00. The van der Waals surface area contributed by atoms with E-state index in [1.807, 2.05) is 32.0 Å². The Labute approximate surface area is 228 Å². The average molecular weight is 558 g/mol. The summed E-state index contributed by atoms with van der Waals surface area (Å²) in [6.07, 6.45) is 3.73. The van der Waals surface area contributed by atoms with Crippen molar-refractivity contribution in [3.05, 3.63) is 59.3 Å². The molecule has 8 nitrogen and oxygen atoms in total. The van der Waals surface area contributed by atoms with Gasteiger partial charge in [0.15, 0.2) is 17.4 Å². The number of sulfonamides is 1. The first-order valence-electron chi connectivity index (χ1n) is 13.0. The van der Waals surface area contributed by atoms with Crippen molar-refractivity contribution in [2.75, 3.05) is 29.6 Å². The van der Waals surface area contributed by atoms with Crippen LogP contribution in [0.4, 0.5) is 26.1 Å². The van der Waals surface area contributed by atoms with Crippen LogP contribution in [-0.4, -0.2) is 53.7 Å². The van der Waals surface area contributed by atoms with Crippen LogP contribution in [0.2, 0.25) is 0 Å². The molecule has 0 amide bonds. The van der Waals surface area contributed by atoms with Crippen LogP contribution < -0.4 is 15.0 Å². The van der Waals surface area contributed by atoms with E-state index in [0.29, 0.717) is 30.9 Å². The number of nitrogens with one attached hydrogen (secondary N) is 1. The molecule has 0 radical (unpaired) electrons. The zero-order valence-corrected chi connectivity index (χ0v) is 23.6. The topological polar surface area (TPSA) is 87.7 Å². The molecule has 39 heavy (non-hydrogen) atoms. The molecule has 0 aliphatic carbocycles. The highest BCUT2D eigenvalue weighted by Gasteiger charge is 2.36. The first-order valence-corrected chi connectivity index (χ1v) is 14.9. The Morgan fingerprint density at radius 2 is 1.92 bits per heavy atom. The van der Waals surface area contributed by atoms with Crippen LogP contribution in [0.5, 0.6) is 5.75 Å². The van der Waals surface area contributed by atoms with Crippen LogP contribution >= 0.6 is 0 Å². The smallest absolute Gasteiger partial charge is 0.227 e. The largest absolute Gasteiger partial charge is 0.481 e. The van der Waals surface area contributed by atoms with Crippen LogP contribution in [-0.2, 0) is 23.0 Å². The summed E-state index contributed by atoms with van der Waals surface area (Å²) in [7, 11) is -3.31. The summed E-state index contributed by atoms with van der Waals surface area (Å²) >= 11 is 0. The highest BCUT2D eigenvalue weighted by molar-refractivity contribution is 7.88. The van der Waals surface area contributed by atoms with E-state index in [1.54, 1.807) is 6.07 Å². The van der Waals surface area contributed by atoms with Crippen molar-refractivity contribution in [2.24, 2.45) is 0 Å². The van der Waals surface area contributed by atoms with Crippen molar-refractivity contribution in [1.82, 2.24) is 14.3 Å². The maximum absolute atomic E-state index is 15.4. The minimum Gasteiger partial charge on any atom is -0.481 e. The number of rotatable bonds is 6. The summed E-state index contributed by atoms with van der Waals surface area (Å²) in [5.41, 5.74) is 2.81. The van der Waals surface area contributed by atoms with E-state index in [2.05, 4.69) is 34.0 Å². The van der Waals surface area contributed by atoms with E-state index >= 15 is 8.78 Å². The molecular weight excluding hydrogens is 524 g/mol. The number of nitrogens with zero attached hydrogens (tertiary/aromatic N) is 4. The van der Waals surface area contributed by atoms with Crippen molar-refractivity contribution in [2.45, 2.75) is 58.7 Å². The molecule has 5 rings (SSSR count). The molecule has 0 bridgehead atoms. The standard InChI is InChI=1S/C28H33F2N5O3S/c1-6-17(2)35-16-28(3,4)38-26-22(29)12-19(13-24(26)35)25-23(30)14-31-27(33-25)32-21-8-7-18-9-10-34(39(5,36)37)15-20(18)11-21/h7-8,11-14,17H,6,9-10,15-16H2,1-5H3,(H,31,32,33). The maximum Gasteiger partial charge on any atom is 0.227 e. The summed E-state index contributed by atoms with van der Waals surface area (Å²) < 4.78 is 61.8. The van der Waals surface area contributed by atoms with Gasteiger partial charge in [0, 0.05) is 30.4 Å². The van der Waals surface area contributed by atoms with Crippen LogP contribution in [0.15, 0.2) is 36.5 Å². The first-order chi connectivity index (χ1) is 18.3. The van der Waals surface area contributed by atoms with E-state index in [4.69, 9.17) is 4.74 Å². The zero-order chi connectivity index (χ0) is 28.1. The summed E-state index contributed by atoms with van der Waals surface area (Å²) in [5.74, 6) is -0.973. The van der Waals surface area contributed by atoms with E-state index in [9.17, 15) is 8.42 Å². The molecule has 2 aromatic carbocycles. The van der Waals surface area contributed by atoms with Gasteiger partial charge in [-0.1, -0.05) is 13.0 Å². The molecule has 2 aliphatic rings. The fourth-order valence-electron chi connectivity index (χ4n) is 5.10. The second kappa shape index (κ2) is 10.0. The quantitative estimate of drug-likeness (QED) is 0.442. The van der Waals surface area contributed by atoms with Crippen molar-refractivity contribution in [3.8, 4) is 17.0 Å². The normalized spacial score (nSPS) is 17.7. The Morgan fingerprint density at radius 1 is 1.15 bits per heavy atom. The van der Waals surface area contributed by atoms with Gasteiger partial charge in [-0.2, -0.15) is 4.31 Å². The molecule has 1 aromatic heterocycles. The van der Waals surface area contributed by atoms with Crippen LogP contribution in [0.1, 0.15) is 45.2 Å². The third-order valence-corrected chi connectivity index (χ3v) is 8.56. The fraction of sp³-hybridized carbons (Fsp3) is 0.429. The van der Waals surface area contributed by atoms with Crippen molar-refractivity contribution >= 4 is 27.3 Å². The van der Waals surface area contributed by atoms with Gasteiger partial charge in [0.2, 0.25) is 16.0 Å². The molecule has 0 spiro atoms. The molecule has 208 valence electrons. The monoisotopic (exact) mass is 557 g/mol. The molecule has 1 N–H and O–H groups in total. The minimum atomic E-state index is -3.31. The Balaban J connectivity index is 1.47. The highest BCUT2D eigenvalue weighted by Crippen LogP contribution is 2.43. The predicted octanol–water partition coefficient (Wildman–Crippen LogP) is 5.26. The van der Waals surface area contributed by atoms with E-state index in [-0.39, 0.29) is 35.5 Å². The van der Waals surface area contributed by atoms with Gasteiger partial charge >= 0.3 is 0 Å². The molecule has 1 atom stereocenters. The number of fused-ring (bicyclic) bond motifs is 2. The Morgan fingerprint density at radius 3 is 2.64 bits per heavy atom. The Bertz CT molecular complexity index is 1530. The van der Waals surface area contributed by atoms with Gasteiger partial charge in [-0.15, -0.1) is 0 Å². The molecular formula is C28H33F2N5O3S. The van der Waals surface area contributed by atoms with E-state index < -0.39 is 27.3 Å². The average Bonchev–Trinajstić information content (AvgIpc) is 2.88. The third kappa shape index (κ3) is 5.56. The van der Waals surface area contributed by atoms with Gasteiger partial charge in [0.05, 0.1) is 24.7 Å². The van der Waals surface area contributed by atoms with Gasteiger partial charge < -0.3 is 15.0 Å². The lowest BCUT2D eigenvalue weighted by Gasteiger charge is -2.44. The summed E-state index contributed by atoms with van der Waals surface area (Å²) in [4.78, 5) is 10.6. The number of aromatic nitrogens is 2. The molecule has 0 saturated carbocycles. The zero-order valence-electron chi connectivity index (χ0n) is 22.8. The number of hydrogen-bond donors (Lipinski definition) is 1. The van der Waals surface area contributed by atoms with Gasteiger partial charge in [0.1, 0.15) is 11.3 Å². The number of hydrogen-bond acceptors (Lipinski definition) is 7. The summed E-state index contributed by atoms with van der Waals surface area (Å²) in [6, 6.07) is 8.71. The number of anilines is 3. The first kappa shape index (κ1) is 27.3. The second-order valence-electron chi connectivity index (χ2n) is 10.9. The molecule has 3 aromatic rings. The number of halogens is 2. The van der Waals surface area contributed by atoms with Gasteiger partial charge in [-0.05, 0) is 69.0 Å². The summed E-state index contributed by atoms with van der Waals surface area (Å²) in [6.45, 7) is 9.24. The molecule has 0 saturated heterocycles. The van der Waals surface area contributed by atoms with Gasteiger partial charge in [-0.25, -0.2) is 27.2 Å². The minimum absolute atomic E-state index is 0.0376. The van der Waals surface area contributed by atoms with Crippen LogP contribution in [0, 0.1) is 11.6 Å². The van der Waals surface area contributed by atoms with Crippen molar-refractivity contribution in [1.29, 1.82) is 0 Å². The lowest BCUT2D eigenvalue weighted by molar-refractivity contribution is 0.0960. The van der Waals surface area contributed by atoms with Gasteiger partial charge in [0.25, 0.3) is 0 Å². The maximum atomic E-state index is 15.4. The molecule has 0 fully saturated rings. The number of benzene rings is 2. The molecule has 3 heterocycles. The van der Waals surface area contributed by atoms with Crippen molar-refractivity contribution in [3.63, 3.8) is 0 Å².